The van der Waals surface area contributed by atoms with Gasteiger partial charge in [-0.3, -0.25) is 9.59 Å². The molecule has 0 spiro atoms. The van der Waals surface area contributed by atoms with E-state index in [0.29, 0.717) is 12.0 Å². The Balaban J connectivity index is 1.93. The number of hydrogen-bond donors (Lipinski definition) is 1. The zero-order valence-electron chi connectivity index (χ0n) is 16.9. The van der Waals surface area contributed by atoms with Crippen LogP contribution in [0.2, 0.25) is 0 Å². The van der Waals surface area contributed by atoms with E-state index in [0.717, 1.165) is 11.1 Å². The van der Waals surface area contributed by atoms with Crippen molar-refractivity contribution in [2.24, 2.45) is 0 Å². The highest BCUT2D eigenvalue weighted by molar-refractivity contribution is 5.88. The van der Waals surface area contributed by atoms with Crippen molar-refractivity contribution >= 4 is 11.8 Å². The van der Waals surface area contributed by atoms with E-state index in [9.17, 15) is 14.0 Å². The molecule has 0 aliphatic heterocycles. The minimum atomic E-state index is -0.711. The van der Waals surface area contributed by atoms with Gasteiger partial charge in [-0.15, -0.1) is 0 Å². The lowest BCUT2D eigenvalue weighted by Gasteiger charge is -2.31. The first kappa shape index (κ1) is 21.2. The molecule has 4 nitrogen and oxygen atoms in total. The Morgan fingerprint density at radius 1 is 0.867 bits per heavy atom. The number of hydrogen-bond acceptors (Lipinski definition) is 2. The van der Waals surface area contributed by atoms with Gasteiger partial charge in [0.05, 0.1) is 6.42 Å². The third-order valence-corrected chi connectivity index (χ3v) is 5.01. The largest absolute Gasteiger partial charge is 0.357 e. The summed E-state index contributed by atoms with van der Waals surface area (Å²) in [5.74, 6) is -0.977. The predicted molar refractivity (Wildman–Crippen MR) is 115 cm³/mol. The van der Waals surface area contributed by atoms with Crippen LogP contribution in [-0.4, -0.2) is 29.8 Å². The molecule has 3 rings (SSSR count). The van der Waals surface area contributed by atoms with Crippen LogP contribution in [0.3, 0.4) is 0 Å². The molecule has 0 saturated heterocycles. The maximum Gasteiger partial charge on any atom is 0.242 e. The van der Waals surface area contributed by atoms with Crippen molar-refractivity contribution in [3.8, 4) is 0 Å². The molecule has 3 aromatic carbocycles. The topological polar surface area (TPSA) is 49.4 Å². The lowest BCUT2D eigenvalue weighted by molar-refractivity contribution is -0.140. The quantitative estimate of drug-likeness (QED) is 0.622. The molecule has 0 saturated carbocycles. The summed E-state index contributed by atoms with van der Waals surface area (Å²) in [5.41, 5.74) is 2.17. The third-order valence-electron chi connectivity index (χ3n) is 5.01. The van der Waals surface area contributed by atoms with Crippen LogP contribution in [0.25, 0.3) is 0 Å². The van der Waals surface area contributed by atoms with Crippen molar-refractivity contribution in [1.82, 2.24) is 10.2 Å². The highest BCUT2D eigenvalue weighted by atomic mass is 19.1. The van der Waals surface area contributed by atoms with Crippen molar-refractivity contribution in [3.05, 3.63) is 107 Å². The normalized spacial score (nSPS) is 11.5. The summed E-state index contributed by atoms with van der Waals surface area (Å²) in [4.78, 5) is 27.6. The summed E-state index contributed by atoms with van der Waals surface area (Å²) < 4.78 is 14.2. The van der Waals surface area contributed by atoms with Crippen LogP contribution < -0.4 is 5.32 Å². The van der Waals surface area contributed by atoms with Gasteiger partial charge >= 0.3 is 0 Å². The smallest absolute Gasteiger partial charge is 0.242 e. The Hall–Kier alpha value is -3.47. The van der Waals surface area contributed by atoms with E-state index in [1.165, 1.54) is 6.07 Å². The molecule has 0 aliphatic rings. The van der Waals surface area contributed by atoms with Gasteiger partial charge in [0.25, 0.3) is 0 Å². The van der Waals surface area contributed by atoms with Gasteiger partial charge in [-0.1, -0.05) is 78.9 Å². The predicted octanol–water partition coefficient (Wildman–Crippen LogP) is 3.75. The van der Waals surface area contributed by atoms with E-state index in [4.69, 9.17) is 0 Å². The molecule has 1 atom stereocenters. The Kier molecular flexibility index (Phi) is 7.33. The van der Waals surface area contributed by atoms with Gasteiger partial charge in [0, 0.05) is 20.0 Å². The standard InChI is InChI=1S/C25H25FN2O2/c1-27-25(30)23(16-19-10-4-2-5-11-19)28(18-20-12-6-3-7-13-20)24(29)17-21-14-8-9-15-22(21)26/h2-15,23H,16-18H2,1H3,(H,27,30)/t23-/m0/s1. The van der Waals surface area contributed by atoms with E-state index >= 15 is 0 Å². The SMILES string of the molecule is CNC(=O)[C@H](Cc1ccccc1)N(Cc1ccccc1)C(=O)Cc1ccccc1F. The van der Waals surface area contributed by atoms with Gasteiger partial charge in [-0.2, -0.15) is 0 Å². The maximum absolute atomic E-state index is 14.2. The number of carbonyl (C=O) groups is 2. The molecule has 0 aliphatic carbocycles. The highest BCUT2D eigenvalue weighted by Crippen LogP contribution is 2.17. The lowest BCUT2D eigenvalue weighted by atomic mass is 10.0. The van der Waals surface area contributed by atoms with Crippen LogP contribution in [0.5, 0.6) is 0 Å². The van der Waals surface area contributed by atoms with Gasteiger partial charge in [-0.25, -0.2) is 4.39 Å². The van der Waals surface area contributed by atoms with Crippen molar-refractivity contribution in [3.63, 3.8) is 0 Å². The second kappa shape index (κ2) is 10.3. The van der Waals surface area contributed by atoms with Crippen molar-refractivity contribution in [1.29, 1.82) is 0 Å². The summed E-state index contributed by atoms with van der Waals surface area (Å²) in [7, 11) is 1.56. The third kappa shape index (κ3) is 5.54. The van der Waals surface area contributed by atoms with Crippen LogP contribution in [0.4, 0.5) is 4.39 Å². The number of carbonyl (C=O) groups excluding carboxylic acids is 2. The van der Waals surface area contributed by atoms with Gasteiger partial charge < -0.3 is 10.2 Å². The van der Waals surface area contributed by atoms with E-state index < -0.39 is 11.9 Å². The number of benzene rings is 3. The molecule has 0 aromatic heterocycles. The van der Waals surface area contributed by atoms with Gasteiger partial charge in [0.15, 0.2) is 0 Å². The first-order valence-electron chi connectivity index (χ1n) is 9.91. The number of rotatable bonds is 8. The highest BCUT2D eigenvalue weighted by Gasteiger charge is 2.30. The second-order valence-corrected chi connectivity index (χ2v) is 7.10. The van der Waals surface area contributed by atoms with E-state index in [1.54, 1.807) is 30.1 Å². The number of nitrogens with zero attached hydrogens (tertiary/aromatic N) is 1. The van der Waals surface area contributed by atoms with Gasteiger partial charge in [-0.05, 0) is 22.8 Å². The second-order valence-electron chi connectivity index (χ2n) is 7.10. The molecule has 3 aromatic rings. The van der Waals surface area contributed by atoms with Crippen molar-refractivity contribution in [2.75, 3.05) is 7.05 Å². The zero-order chi connectivity index (χ0) is 21.3. The average Bonchev–Trinajstić information content (AvgIpc) is 2.78. The Labute approximate surface area is 176 Å². The van der Waals surface area contributed by atoms with E-state index in [1.807, 2.05) is 60.7 Å². The molecular formula is C25H25FN2O2. The van der Waals surface area contributed by atoms with Crippen molar-refractivity contribution < 1.29 is 14.0 Å². The van der Waals surface area contributed by atoms with Crippen molar-refractivity contribution in [2.45, 2.75) is 25.4 Å². The fourth-order valence-electron chi connectivity index (χ4n) is 3.41. The molecule has 2 amide bonds. The summed E-state index contributed by atoms with van der Waals surface area (Å²) in [5, 5.41) is 2.67. The molecule has 0 radical (unpaired) electrons. The number of halogens is 1. The van der Waals surface area contributed by atoms with Crippen LogP contribution >= 0.6 is 0 Å². The molecule has 154 valence electrons. The molecule has 0 bridgehead atoms. The molecule has 1 N–H and O–H groups in total. The Bertz CT molecular complexity index is 977. The molecule has 0 heterocycles. The molecule has 0 fully saturated rings. The fraction of sp³-hybridized carbons (Fsp3) is 0.200. The number of amides is 2. The summed E-state index contributed by atoms with van der Waals surface area (Å²) >= 11 is 0. The molecule has 0 unspecified atom stereocenters. The first-order chi connectivity index (χ1) is 14.6. The van der Waals surface area contributed by atoms with Crippen LogP contribution in [0.1, 0.15) is 16.7 Å². The van der Waals surface area contributed by atoms with Crippen LogP contribution in [-0.2, 0) is 29.0 Å². The molecule has 30 heavy (non-hydrogen) atoms. The summed E-state index contributed by atoms with van der Waals surface area (Å²) in [6, 6.07) is 24.6. The molecule has 5 heteroatoms. The minimum absolute atomic E-state index is 0.109. The summed E-state index contributed by atoms with van der Waals surface area (Å²) in [6.07, 6.45) is 0.262. The lowest BCUT2D eigenvalue weighted by Crippen LogP contribution is -2.50. The number of nitrogens with one attached hydrogen (secondary N) is 1. The maximum atomic E-state index is 14.2. The Morgan fingerprint density at radius 2 is 1.43 bits per heavy atom. The number of likely N-dealkylation sites (N-methyl/N-ethyl adjacent to an activating group) is 1. The monoisotopic (exact) mass is 404 g/mol. The van der Waals surface area contributed by atoms with Crippen LogP contribution in [0.15, 0.2) is 84.9 Å². The first-order valence-corrected chi connectivity index (χ1v) is 9.91. The van der Waals surface area contributed by atoms with E-state index in [2.05, 4.69) is 5.32 Å². The van der Waals surface area contributed by atoms with Crippen LogP contribution in [0, 0.1) is 5.82 Å². The Morgan fingerprint density at radius 3 is 2.03 bits per heavy atom. The average molecular weight is 404 g/mol. The van der Waals surface area contributed by atoms with Gasteiger partial charge in [0.1, 0.15) is 11.9 Å². The summed E-state index contributed by atoms with van der Waals surface area (Å²) in [6.45, 7) is 0.263. The van der Waals surface area contributed by atoms with E-state index in [-0.39, 0.29) is 24.8 Å². The zero-order valence-corrected chi connectivity index (χ0v) is 16.9. The molecular weight excluding hydrogens is 379 g/mol. The minimum Gasteiger partial charge on any atom is -0.357 e. The van der Waals surface area contributed by atoms with Gasteiger partial charge in [0.2, 0.25) is 11.8 Å². The fourth-order valence-corrected chi connectivity index (χ4v) is 3.41.